The predicted octanol–water partition coefficient (Wildman–Crippen LogP) is 8.28. The van der Waals surface area contributed by atoms with E-state index in [1.165, 1.54) is 54.4 Å². The maximum Gasteiger partial charge on any atom is 0.160 e. The molecule has 0 spiro atoms. The molecule has 152 valence electrons. The van der Waals surface area contributed by atoms with Crippen molar-refractivity contribution in [3.05, 3.63) is 46.6 Å². The molecule has 27 heavy (non-hydrogen) atoms. The van der Waals surface area contributed by atoms with Crippen LogP contribution in [0.25, 0.3) is 0 Å². The second kappa shape index (κ2) is 13.9. The number of hydrogen-bond acceptors (Lipinski definition) is 2. The average Bonchev–Trinajstić information content (AvgIpc) is 3.38. The van der Waals surface area contributed by atoms with E-state index >= 15 is 0 Å². The van der Waals surface area contributed by atoms with Crippen molar-refractivity contribution in [1.82, 2.24) is 0 Å². The lowest BCUT2D eigenvalue weighted by Gasteiger charge is -2.05. The third-order valence-corrected chi connectivity index (χ3v) is 5.27. The predicted molar refractivity (Wildman–Crippen MR) is 124 cm³/mol. The van der Waals surface area contributed by atoms with Crippen LogP contribution in [0.1, 0.15) is 92.4 Å². The summed E-state index contributed by atoms with van der Waals surface area (Å²) < 4.78 is 5.64. The van der Waals surface area contributed by atoms with Crippen molar-refractivity contribution in [2.45, 2.75) is 92.4 Å². The van der Waals surface area contributed by atoms with E-state index in [0.29, 0.717) is 6.61 Å². The Morgan fingerprint density at radius 3 is 1.74 bits per heavy atom. The normalized spacial score (nSPS) is 15.7. The smallest absolute Gasteiger partial charge is 0.160 e. The van der Waals surface area contributed by atoms with Gasteiger partial charge in [0.2, 0.25) is 0 Å². The maximum atomic E-state index is 5.64. The molecule has 1 fully saturated rings. The van der Waals surface area contributed by atoms with Crippen LogP contribution < -0.4 is 0 Å². The molecule has 1 nitrogen and oxygen atoms in total. The van der Waals surface area contributed by atoms with Crippen LogP contribution in [0.5, 0.6) is 0 Å². The van der Waals surface area contributed by atoms with E-state index in [4.69, 9.17) is 17.0 Å². The summed E-state index contributed by atoms with van der Waals surface area (Å²) in [6, 6.07) is 0. The second-order valence-corrected chi connectivity index (χ2v) is 8.83. The van der Waals surface area contributed by atoms with Gasteiger partial charge in [0.15, 0.2) is 5.05 Å². The standard InChI is InChI=1S/C25H40OS/c1-20(2)9-6-10-21(3)11-7-12-22(4)13-8-14-23(5)17-18-26-25(27)19-24-15-16-24/h9,11,13,17,24H,6-8,10,12,14-16,18-19H2,1-5H3/b21-11+,22-13+,23-17+. The summed E-state index contributed by atoms with van der Waals surface area (Å²) in [5, 5.41) is 0.793. The summed E-state index contributed by atoms with van der Waals surface area (Å²) in [4.78, 5) is 0. The minimum absolute atomic E-state index is 0.636. The summed E-state index contributed by atoms with van der Waals surface area (Å²) in [5.41, 5.74) is 5.82. The van der Waals surface area contributed by atoms with Crippen molar-refractivity contribution >= 4 is 17.3 Å². The van der Waals surface area contributed by atoms with Crippen LogP contribution in [-0.2, 0) is 4.74 Å². The van der Waals surface area contributed by atoms with Crippen LogP contribution in [0.15, 0.2) is 46.6 Å². The largest absolute Gasteiger partial charge is 0.483 e. The first-order valence-corrected chi connectivity index (χ1v) is 11.0. The Bertz CT molecular complexity index is 569. The lowest BCUT2D eigenvalue weighted by molar-refractivity contribution is 0.346. The van der Waals surface area contributed by atoms with Gasteiger partial charge in [-0.25, -0.2) is 0 Å². The minimum Gasteiger partial charge on any atom is -0.483 e. The molecule has 0 aromatic carbocycles. The molecule has 0 atom stereocenters. The Morgan fingerprint density at radius 1 is 0.778 bits per heavy atom. The minimum atomic E-state index is 0.636. The first kappa shape index (κ1) is 23.9. The van der Waals surface area contributed by atoms with Gasteiger partial charge in [0.1, 0.15) is 6.61 Å². The summed E-state index contributed by atoms with van der Waals surface area (Å²) in [6.07, 6.45) is 19.8. The van der Waals surface area contributed by atoms with Gasteiger partial charge in [0, 0.05) is 6.42 Å². The molecule has 0 saturated heterocycles. The van der Waals surface area contributed by atoms with Gasteiger partial charge in [0.25, 0.3) is 0 Å². The average molecular weight is 389 g/mol. The number of thiocarbonyl (C=S) groups is 1. The Kier molecular flexibility index (Phi) is 12.3. The highest BCUT2D eigenvalue weighted by molar-refractivity contribution is 7.80. The fraction of sp³-hybridized carbons (Fsp3) is 0.640. The van der Waals surface area contributed by atoms with Gasteiger partial charge < -0.3 is 4.74 Å². The SMILES string of the molecule is CC(C)=CCC/C(C)=C/CC/C(C)=C/CC/C(C)=C/COC(=S)CC1CC1. The van der Waals surface area contributed by atoms with Crippen molar-refractivity contribution in [3.8, 4) is 0 Å². The molecule has 0 unspecified atom stereocenters. The fourth-order valence-corrected chi connectivity index (χ4v) is 3.18. The van der Waals surface area contributed by atoms with E-state index in [9.17, 15) is 0 Å². The van der Waals surface area contributed by atoms with E-state index in [-0.39, 0.29) is 0 Å². The fourth-order valence-electron chi connectivity index (χ4n) is 2.88. The highest BCUT2D eigenvalue weighted by Gasteiger charge is 2.23. The van der Waals surface area contributed by atoms with Crippen molar-refractivity contribution in [2.75, 3.05) is 6.61 Å². The summed E-state index contributed by atoms with van der Waals surface area (Å²) in [5.74, 6) is 0.812. The monoisotopic (exact) mass is 388 g/mol. The molecule has 1 rings (SSSR count). The molecule has 0 aromatic rings. The van der Waals surface area contributed by atoms with Gasteiger partial charge in [0.05, 0.1) is 0 Å². The van der Waals surface area contributed by atoms with Crippen LogP contribution >= 0.6 is 12.2 Å². The van der Waals surface area contributed by atoms with Crippen molar-refractivity contribution in [3.63, 3.8) is 0 Å². The molecular weight excluding hydrogens is 348 g/mol. The molecular formula is C25H40OS. The zero-order chi connectivity index (χ0) is 20.1. The lowest BCUT2D eigenvalue weighted by Crippen LogP contribution is -2.02. The van der Waals surface area contributed by atoms with Crippen LogP contribution in [-0.4, -0.2) is 11.7 Å². The quantitative estimate of drug-likeness (QED) is 0.232. The molecule has 0 bridgehead atoms. The second-order valence-electron chi connectivity index (χ2n) is 8.38. The van der Waals surface area contributed by atoms with E-state index in [2.05, 4.69) is 58.9 Å². The highest BCUT2D eigenvalue weighted by atomic mass is 32.1. The van der Waals surface area contributed by atoms with Crippen LogP contribution in [0.3, 0.4) is 0 Å². The molecule has 1 saturated carbocycles. The summed E-state index contributed by atoms with van der Waals surface area (Å²) in [6.45, 7) is 11.7. The zero-order valence-electron chi connectivity index (χ0n) is 18.3. The molecule has 0 radical (unpaired) electrons. The van der Waals surface area contributed by atoms with Crippen LogP contribution in [0, 0.1) is 5.92 Å². The number of hydrogen-bond donors (Lipinski definition) is 0. The molecule has 0 heterocycles. The van der Waals surface area contributed by atoms with Crippen LogP contribution in [0.2, 0.25) is 0 Å². The van der Waals surface area contributed by atoms with Gasteiger partial charge in [-0.15, -0.1) is 0 Å². The van der Waals surface area contributed by atoms with Gasteiger partial charge in [-0.2, -0.15) is 0 Å². The van der Waals surface area contributed by atoms with Crippen molar-refractivity contribution in [1.29, 1.82) is 0 Å². The molecule has 1 aliphatic carbocycles. The number of rotatable bonds is 13. The Hall–Kier alpha value is -1.15. The lowest BCUT2D eigenvalue weighted by atomic mass is 10.0. The first-order valence-electron chi connectivity index (χ1n) is 10.6. The topological polar surface area (TPSA) is 9.23 Å². The molecule has 0 aromatic heterocycles. The number of ether oxygens (including phenoxy) is 1. The third kappa shape index (κ3) is 14.6. The molecule has 2 heteroatoms. The highest BCUT2D eigenvalue weighted by Crippen LogP contribution is 2.32. The van der Waals surface area contributed by atoms with Gasteiger partial charge >= 0.3 is 0 Å². The Morgan fingerprint density at radius 2 is 1.26 bits per heavy atom. The molecule has 1 aliphatic rings. The van der Waals surface area contributed by atoms with E-state index in [1.807, 2.05) is 0 Å². The number of allylic oxidation sites excluding steroid dienone is 7. The van der Waals surface area contributed by atoms with E-state index < -0.39 is 0 Å². The van der Waals surface area contributed by atoms with Crippen molar-refractivity contribution < 1.29 is 4.74 Å². The van der Waals surface area contributed by atoms with Gasteiger partial charge in [-0.1, -0.05) is 40.5 Å². The zero-order valence-corrected chi connectivity index (χ0v) is 19.1. The molecule has 0 aliphatic heterocycles. The summed E-state index contributed by atoms with van der Waals surface area (Å²) >= 11 is 5.27. The van der Waals surface area contributed by atoms with E-state index in [1.54, 1.807) is 0 Å². The maximum absolute atomic E-state index is 5.64. The van der Waals surface area contributed by atoms with Gasteiger partial charge in [-0.05, 0) is 110 Å². The third-order valence-electron chi connectivity index (χ3n) is 4.98. The van der Waals surface area contributed by atoms with Crippen LogP contribution in [0.4, 0.5) is 0 Å². The molecule has 0 N–H and O–H groups in total. The summed E-state index contributed by atoms with van der Waals surface area (Å²) in [7, 11) is 0. The Balaban J connectivity index is 2.14. The Labute approximate surface area is 173 Å². The van der Waals surface area contributed by atoms with Gasteiger partial charge in [-0.3, -0.25) is 0 Å². The molecule has 0 amide bonds. The first-order chi connectivity index (χ1) is 12.9. The van der Waals surface area contributed by atoms with E-state index in [0.717, 1.165) is 36.7 Å². The van der Waals surface area contributed by atoms with Crippen molar-refractivity contribution in [2.24, 2.45) is 5.92 Å².